The van der Waals surface area contributed by atoms with Crippen LogP contribution in [0.15, 0.2) is 69.2 Å². The van der Waals surface area contributed by atoms with Crippen molar-refractivity contribution < 1.29 is 23.6 Å². The van der Waals surface area contributed by atoms with Crippen LogP contribution in [-0.4, -0.2) is 17.5 Å². The third-order valence-electron chi connectivity index (χ3n) is 4.76. The molecule has 1 aromatic heterocycles. The first kappa shape index (κ1) is 19.2. The Hall–Kier alpha value is -4.14. The second-order valence-electron chi connectivity index (χ2n) is 6.51. The molecule has 0 amide bonds. The quantitative estimate of drug-likeness (QED) is 0.301. The molecule has 1 aliphatic rings. The molecule has 0 bridgehead atoms. The van der Waals surface area contributed by atoms with Gasteiger partial charge in [-0.3, -0.25) is 10.1 Å². The van der Waals surface area contributed by atoms with Crippen LogP contribution in [0.2, 0.25) is 0 Å². The second kappa shape index (κ2) is 7.36. The Morgan fingerprint density at radius 1 is 1.23 bits per heavy atom. The molecule has 0 fully saturated rings. The van der Waals surface area contributed by atoms with Crippen molar-refractivity contribution >= 4 is 22.6 Å². The number of hydrogen-bond donors (Lipinski definition) is 1. The summed E-state index contributed by atoms with van der Waals surface area (Å²) in [5.41, 5.74) is 5.63. The van der Waals surface area contributed by atoms with Gasteiger partial charge in [-0.1, -0.05) is 24.3 Å². The average molecular weight is 408 g/mol. The number of nitrogens with zero attached hydrogens (tertiary/aromatic N) is 1. The van der Waals surface area contributed by atoms with E-state index in [9.17, 15) is 19.7 Å². The number of carbonyl (C=O) groups is 1. The Kier molecular flexibility index (Phi) is 4.71. The lowest BCUT2D eigenvalue weighted by atomic mass is 9.83. The molecular formula is C21H16N2O7. The summed E-state index contributed by atoms with van der Waals surface area (Å²) in [5, 5.41) is 11.8. The van der Waals surface area contributed by atoms with Crippen molar-refractivity contribution in [3.05, 3.63) is 91.6 Å². The van der Waals surface area contributed by atoms with E-state index in [4.69, 9.17) is 19.6 Å². The van der Waals surface area contributed by atoms with Gasteiger partial charge in [0.1, 0.15) is 11.2 Å². The van der Waals surface area contributed by atoms with Gasteiger partial charge >= 0.3 is 11.6 Å². The summed E-state index contributed by atoms with van der Waals surface area (Å²) in [6.45, 7) is 1.69. The first-order valence-electron chi connectivity index (χ1n) is 9.07. The Morgan fingerprint density at radius 3 is 2.73 bits per heavy atom. The molecular weight excluding hydrogens is 392 g/mol. The van der Waals surface area contributed by atoms with Gasteiger partial charge in [-0.25, -0.2) is 9.59 Å². The lowest BCUT2D eigenvalue weighted by molar-refractivity contribution is -0.384. The number of nitro benzene ring substituents is 1. The molecule has 2 N–H and O–H groups in total. The van der Waals surface area contributed by atoms with Gasteiger partial charge in [-0.05, 0) is 24.6 Å². The van der Waals surface area contributed by atoms with Crippen LogP contribution < -0.4 is 16.1 Å². The van der Waals surface area contributed by atoms with Gasteiger partial charge < -0.3 is 19.6 Å². The fourth-order valence-corrected chi connectivity index (χ4v) is 3.52. The maximum absolute atomic E-state index is 12.9. The highest BCUT2D eigenvalue weighted by Gasteiger charge is 2.39. The van der Waals surface area contributed by atoms with E-state index < -0.39 is 22.4 Å². The van der Waals surface area contributed by atoms with Gasteiger partial charge in [0.05, 0.1) is 28.4 Å². The van der Waals surface area contributed by atoms with Crippen LogP contribution in [0.1, 0.15) is 24.0 Å². The van der Waals surface area contributed by atoms with E-state index in [0.717, 1.165) is 0 Å². The van der Waals surface area contributed by atoms with Crippen molar-refractivity contribution in [1.29, 1.82) is 0 Å². The van der Waals surface area contributed by atoms with Crippen LogP contribution in [0.5, 0.6) is 5.75 Å². The zero-order chi connectivity index (χ0) is 21.4. The van der Waals surface area contributed by atoms with E-state index in [1.807, 2.05) is 0 Å². The van der Waals surface area contributed by atoms with E-state index in [1.54, 1.807) is 37.3 Å². The maximum Gasteiger partial charge on any atom is 0.344 e. The van der Waals surface area contributed by atoms with E-state index in [-0.39, 0.29) is 40.6 Å². The topological polar surface area (TPSA) is 135 Å². The largest absolute Gasteiger partial charge is 0.462 e. The molecule has 2 heterocycles. The molecule has 9 nitrogen and oxygen atoms in total. The third kappa shape index (κ3) is 3.06. The first-order valence-corrected chi connectivity index (χ1v) is 9.07. The van der Waals surface area contributed by atoms with Crippen molar-refractivity contribution in [2.75, 3.05) is 6.61 Å². The Morgan fingerprint density at radius 2 is 2.00 bits per heavy atom. The molecule has 0 unspecified atom stereocenters. The number of nitrogens with two attached hydrogens (primary N) is 1. The summed E-state index contributed by atoms with van der Waals surface area (Å²) in [7, 11) is 0. The summed E-state index contributed by atoms with van der Waals surface area (Å²) in [6.07, 6.45) is 0. The zero-order valence-electron chi connectivity index (χ0n) is 15.8. The number of carbonyl (C=O) groups excluding carboxylic acids is 1. The minimum Gasteiger partial charge on any atom is -0.462 e. The standard InChI is InChI=1S/C21H16N2O7/c1-2-28-20(24)17-15(11-6-5-7-12(10-11)23(26)27)16-18(30-19(17)22)13-8-3-4-9-14(13)29-21(16)25/h3-10,15H,2,22H2,1H3/t15-/m0/s1. The lowest BCUT2D eigenvalue weighted by Crippen LogP contribution is -2.31. The number of para-hydroxylation sites is 1. The maximum atomic E-state index is 12.9. The Labute approximate surface area is 169 Å². The monoisotopic (exact) mass is 408 g/mol. The fourth-order valence-electron chi connectivity index (χ4n) is 3.52. The molecule has 0 saturated heterocycles. The fraction of sp³-hybridized carbons (Fsp3) is 0.143. The van der Waals surface area contributed by atoms with Crippen LogP contribution in [0.3, 0.4) is 0 Å². The summed E-state index contributed by atoms with van der Waals surface area (Å²) >= 11 is 0. The number of rotatable bonds is 4. The second-order valence-corrected chi connectivity index (χ2v) is 6.51. The number of benzene rings is 2. The minimum absolute atomic E-state index is 0.0199. The molecule has 1 aliphatic heterocycles. The molecule has 4 rings (SSSR count). The highest BCUT2D eigenvalue weighted by atomic mass is 16.6. The van der Waals surface area contributed by atoms with Crippen LogP contribution >= 0.6 is 0 Å². The predicted octanol–water partition coefficient (Wildman–Crippen LogP) is 2.96. The van der Waals surface area contributed by atoms with Crippen LogP contribution in [-0.2, 0) is 9.53 Å². The van der Waals surface area contributed by atoms with Crippen molar-refractivity contribution in [3.63, 3.8) is 0 Å². The summed E-state index contributed by atoms with van der Waals surface area (Å²) in [5.74, 6) is -1.95. The average Bonchev–Trinajstić information content (AvgIpc) is 2.73. The number of ether oxygens (including phenoxy) is 2. The predicted molar refractivity (Wildman–Crippen MR) is 106 cm³/mol. The third-order valence-corrected chi connectivity index (χ3v) is 4.76. The molecule has 3 aromatic rings. The highest BCUT2D eigenvalue weighted by Crippen LogP contribution is 2.44. The van der Waals surface area contributed by atoms with Crippen LogP contribution in [0.25, 0.3) is 11.0 Å². The number of fused-ring (bicyclic) bond motifs is 3. The molecule has 9 heteroatoms. The molecule has 1 atom stereocenters. The van der Waals surface area contributed by atoms with E-state index in [1.165, 1.54) is 18.2 Å². The number of esters is 1. The molecule has 0 radical (unpaired) electrons. The summed E-state index contributed by atoms with van der Waals surface area (Å²) in [4.78, 5) is 36.3. The van der Waals surface area contributed by atoms with E-state index in [0.29, 0.717) is 10.9 Å². The number of nitro groups is 1. The zero-order valence-corrected chi connectivity index (χ0v) is 15.8. The first-order chi connectivity index (χ1) is 14.4. The van der Waals surface area contributed by atoms with Gasteiger partial charge in [0.25, 0.3) is 5.69 Å². The minimum atomic E-state index is -1.06. The summed E-state index contributed by atoms with van der Waals surface area (Å²) < 4.78 is 16.2. The number of hydrogen-bond acceptors (Lipinski definition) is 8. The van der Waals surface area contributed by atoms with E-state index in [2.05, 4.69) is 0 Å². The molecule has 152 valence electrons. The van der Waals surface area contributed by atoms with Crippen molar-refractivity contribution in [2.24, 2.45) is 5.73 Å². The summed E-state index contributed by atoms with van der Waals surface area (Å²) in [6, 6.07) is 12.3. The SMILES string of the molecule is CCOC(=O)C1=C(N)Oc2c(c(=O)oc3ccccc23)[C@@H]1c1cccc([N+](=O)[O-])c1. The van der Waals surface area contributed by atoms with Gasteiger partial charge in [-0.15, -0.1) is 0 Å². The van der Waals surface area contributed by atoms with Crippen LogP contribution in [0.4, 0.5) is 5.69 Å². The highest BCUT2D eigenvalue weighted by molar-refractivity contribution is 5.94. The van der Waals surface area contributed by atoms with Crippen molar-refractivity contribution in [1.82, 2.24) is 0 Å². The lowest BCUT2D eigenvalue weighted by Gasteiger charge is -2.27. The Balaban J connectivity index is 2.05. The van der Waals surface area contributed by atoms with Gasteiger partial charge in [0.15, 0.2) is 5.75 Å². The van der Waals surface area contributed by atoms with Crippen molar-refractivity contribution in [2.45, 2.75) is 12.8 Å². The molecule has 30 heavy (non-hydrogen) atoms. The van der Waals surface area contributed by atoms with Crippen molar-refractivity contribution in [3.8, 4) is 5.75 Å². The molecule has 0 spiro atoms. The smallest absolute Gasteiger partial charge is 0.344 e. The van der Waals surface area contributed by atoms with Gasteiger partial charge in [-0.2, -0.15) is 0 Å². The molecule has 2 aromatic carbocycles. The number of non-ortho nitro benzene ring substituents is 1. The molecule has 0 aliphatic carbocycles. The molecule has 0 saturated carbocycles. The van der Waals surface area contributed by atoms with E-state index >= 15 is 0 Å². The van der Waals surface area contributed by atoms with Gasteiger partial charge in [0.2, 0.25) is 5.88 Å². The van der Waals surface area contributed by atoms with Gasteiger partial charge in [0, 0.05) is 12.1 Å². The normalized spacial score (nSPS) is 15.4. The van der Waals surface area contributed by atoms with Crippen LogP contribution in [0, 0.1) is 10.1 Å². The Bertz CT molecular complexity index is 1280.